The number of ketones is 1. The summed E-state index contributed by atoms with van der Waals surface area (Å²) in [5.41, 5.74) is 2.31. The van der Waals surface area contributed by atoms with Gasteiger partial charge < -0.3 is 4.42 Å². The number of rotatable bonds is 4. The fourth-order valence-corrected chi connectivity index (χ4v) is 6.61. The first kappa shape index (κ1) is 20.3. The Morgan fingerprint density at radius 2 is 1.86 bits per heavy atom. The summed E-state index contributed by atoms with van der Waals surface area (Å²) in [6, 6.07) is 12.3. The SMILES string of the molecule is CC1=CC(=O)[C@H]2C(C)(C)CCC[C@]2(C)[C@H]1/C=C/c1ccoc1Sc1ccccc1. The fourth-order valence-electron chi connectivity index (χ4n) is 5.75. The largest absolute Gasteiger partial charge is 0.457 e. The van der Waals surface area contributed by atoms with Crippen LogP contribution in [0.1, 0.15) is 52.5 Å². The number of fused-ring (bicyclic) bond motifs is 1. The van der Waals surface area contributed by atoms with Crippen molar-refractivity contribution in [1.82, 2.24) is 0 Å². The van der Waals surface area contributed by atoms with Gasteiger partial charge in [-0.1, -0.05) is 74.9 Å². The Morgan fingerprint density at radius 3 is 2.62 bits per heavy atom. The van der Waals surface area contributed by atoms with Crippen molar-refractivity contribution < 1.29 is 9.21 Å². The molecule has 0 bridgehead atoms. The summed E-state index contributed by atoms with van der Waals surface area (Å²) in [7, 11) is 0. The van der Waals surface area contributed by atoms with E-state index in [1.54, 1.807) is 18.0 Å². The highest BCUT2D eigenvalue weighted by Gasteiger charge is 2.54. The molecular formula is C26H30O2S. The second-order valence-electron chi connectivity index (χ2n) is 9.49. The third-order valence-electron chi connectivity index (χ3n) is 6.91. The van der Waals surface area contributed by atoms with E-state index >= 15 is 0 Å². The van der Waals surface area contributed by atoms with Gasteiger partial charge in [-0.25, -0.2) is 0 Å². The predicted octanol–water partition coefficient (Wildman–Crippen LogP) is 7.42. The molecule has 152 valence electrons. The molecule has 1 aromatic carbocycles. The Kier molecular flexibility index (Phi) is 5.37. The maximum Gasteiger partial charge on any atom is 0.171 e. The molecule has 29 heavy (non-hydrogen) atoms. The minimum Gasteiger partial charge on any atom is -0.457 e. The molecule has 2 nitrogen and oxygen atoms in total. The van der Waals surface area contributed by atoms with Gasteiger partial charge in [-0.2, -0.15) is 0 Å². The quantitative estimate of drug-likeness (QED) is 0.529. The Balaban J connectivity index is 1.64. The van der Waals surface area contributed by atoms with Gasteiger partial charge in [-0.15, -0.1) is 0 Å². The lowest BCUT2D eigenvalue weighted by molar-refractivity contribution is -0.134. The molecule has 0 amide bonds. The molecule has 4 rings (SSSR count). The van der Waals surface area contributed by atoms with Crippen LogP contribution < -0.4 is 0 Å². The molecule has 0 N–H and O–H groups in total. The van der Waals surface area contributed by atoms with Crippen LogP contribution >= 0.6 is 11.8 Å². The van der Waals surface area contributed by atoms with Crippen LogP contribution in [0.5, 0.6) is 0 Å². The number of hydrogen-bond acceptors (Lipinski definition) is 3. The standard InChI is InChI=1S/C26H30O2S/c1-18-17-22(27)23-25(2,3)14-8-15-26(23,4)21(18)12-11-19-13-16-28-24(19)29-20-9-6-5-7-10-20/h5-7,9-13,16-17,21,23H,8,14-15H2,1-4H3/b12-11+/t21-,23-,26+/m0/s1. The minimum absolute atomic E-state index is 0.0232. The zero-order chi connectivity index (χ0) is 20.6. The Bertz CT molecular complexity index is 950. The van der Waals surface area contributed by atoms with E-state index in [4.69, 9.17) is 4.42 Å². The van der Waals surface area contributed by atoms with Crippen LogP contribution in [0.25, 0.3) is 6.08 Å². The van der Waals surface area contributed by atoms with Crippen molar-refractivity contribution >= 4 is 23.6 Å². The number of allylic oxidation sites excluding steroid dienone is 3. The van der Waals surface area contributed by atoms with Crippen molar-refractivity contribution in [3.05, 3.63) is 65.9 Å². The number of benzene rings is 1. The van der Waals surface area contributed by atoms with E-state index in [1.807, 2.05) is 30.3 Å². The topological polar surface area (TPSA) is 30.2 Å². The van der Waals surface area contributed by atoms with E-state index in [1.165, 1.54) is 12.0 Å². The van der Waals surface area contributed by atoms with Gasteiger partial charge >= 0.3 is 0 Å². The molecule has 3 atom stereocenters. The molecule has 0 saturated heterocycles. The molecular weight excluding hydrogens is 376 g/mol. The van der Waals surface area contributed by atoms with E-state index in [2.05, 4.69) is 52.0 Å². The maximum absolute atomic E-state index is 13.0. The highest BCUT2D eigenvalue weighted by atomic mass is 32.2. The van der Waals surface area contributed by atoms with Crippen LogP contribution in [0.2, 0.25) is 0 Å². The zero-order valence-electron chi connectivity index (χ0n) is 17.8. The summed E-state index contributed by atoms with van der Waals surface area (Å²) in [6.07, 6.45) is 11.6. The van der Waals surface area contributed by atoms with Crippen LogP contribution in [0.15, 0.2) is 74.8 Å². The molecule has 2 aliphatic carbocycles. The zero-order valence-corrected chi connectivity index (χ0v) is 18.6. The van der Waals surface area contributed by atoms with Crippen molar-refractivity contribution in [2.75, 3.05) is 0 Å². The number of carbonyl (C=O) groups excluding carboxylic acids is 1. The Hall–Kier alpha value is -2.00. The van der Waals surface area contributed by atoms with Crippen LogP contribution in [-0.4, -0.2) is 5.78 Å². The molecule has 1 fully saturated rings. The molecule has 2 aromatic rings. The van der Waals surface area contributed by atoms with Gasteiger partial charge in [0.15, 0.2) is 10.9 Å². The van der Waals surface area contributed by atoms with Crippen LogP contribution in [-0.2, 0) is 4.79 Å². The molecule has 1 aromatic heterocycles. The molecule has 3 heteroatoms. The lowest BCUT2D eigenvalue weighted by atomic mass is 9.48. The Morgan fingerprint density at radius 1 is 1.10 bits per heavy atom. The number of carbonyl (C=O) groups is 1. The lowest BCUT2D eigenvalue weighted by Crippen LogP contribution is -2.52. The van der Waals surface area contributed by atoms with Gasteiger partial charge in [-0.05, 0) is 54.9 Å². The molecule has 0 unspecified atom stereocenters. The third kappa shape index (κ3) is 3.77. The van der Waals surface area contributed by atoms with Crippen molar-refractivity contribution in [3.8, 4) is 0 Å². The van der Waals surface area contributed by atoms with Gasteiger partial charge in [-0.3, -0.25) is 4.79 Å². The molecule has 2 aliphatic rings. The summed E-state index contributed by atoms with van der Waals surface area (Å²) >= 11 is 1.64. The molecule has 1 saturated carbocycles. The van der Waals surface area contributed by atoms with E-state index in [0.717, 1.165) is 28.4 Å². The van der Waals surface area contributed by atoms with Gasteiger partial charge in [0.25, 0.3) is 0 Å². The third-order valence-corrected chi connectivity index (χ3v) is 7.94. The van der Waals surface area contributed by atoms with E-state index in [9.17, 15) is 4.79 Å². The van der Waals surface area contributed by atoms with Gasteiger partial charge in [0, 0.05) is 22.3 Å². The van der Waals surface area contributed by atoms with Crippen LogP contribution in [0.4, 0.5) is 0 Å². The van der Waals surface area contributed by atoms with Crippen molar-refractivity contribution in [2.24, 2.45) is 22.7 Å². The lowest BCUT2D eigenvalue weighted by Gasteiger charge is -2.55. The average molecular weight is 407 g/mol. The second-order valence-corrected chi connectivity index (χ2v) is 10.5. The first-order chi connectivity index (χ1) is 13.8. The van der Waals surface area contributed by atoms with Gasteiger partial charge in [0.1, 0.15) is 0 Å². The van der Waals surface area contributed by atoms with Crippen molar-refractivity contribution in [2.45, 2.75) is 56.9 Å². The van der Waals surface area contributed by atoms with E-state index < -0.39 is 0 Å². The predicted molar refractivity (Wildman–Crippen MR) is 120 cm³/mol. The summed E-state index contributed by atoms with van der Waals surface area (Å²) in [5, 5.41) is 0.909. The molecule has 1 heterocycles. The molecule has 0 spiro atoms. The highest BCUT2D eigenvalue weighted by Crippen LogP contribution is 2.58. The Labute approximate surface area is 178 Å². The monoisotopic (exact) mass is 406 g/mol. The van der Waals surface area contributed by atoms with Crippen LogP contribution in [0.3, 0.4) is 0 Å². The van der Waals surface area contributed by atoms with Crippen LogP contribution in [0, 0.1) is 22.7 Å². The van der Waals surface area contributed by atoms with Crippen molar-refractivity contribution in [1.29, 1.82) is 0 Å². The summed E-state index contributed by atoms with van der Waals surface area (Å²) in [6.45, 7) is 8.99. The molecule has 0 aliphatic heterocycles. The van der Waals surface area contributed by atoms with Gasteiger partial charge in [0.2, 0.25) is 0 Å². The summed E-state index contributed by atoms with van der Waals surface area (Å²) in [4.78, 5) is 14.1. The first-order valence-corrected chi connectivity index (χ1v) is 11.3. The van der Waals surface area contributed by atoms with E-state index in [-0.39, 0.29) is 22.7 Å². The van der Waals surface area contributed by atoms with E-state index in [0.29, 0.717) is 5.78 Å². The highest BCUT2D eigenvalue weighted by molar-refractivity contribution is 7.99. The average Bonchev–Trinajstić information content (AvgIpc) is 3.08. The fraction of sp³-hybridized carbons (Fsp3) is 0.423. The minimum atomic E-state index is -0.0232. The second kappa shape index (κ2) is 7.68. The maximum atomic E-state index is 13.0. The smallest absolute Gasteiger partial charge is 0.171 e. The van der Waals surface area contributed by atoms with Crippen molar-refractivity contribution in [3.63, 3.8) is 0 Å². The first-order valence-electron chi connectivity index (χ1n) is 10.5. The summed E-state index contributed by atoms with van der Waals surface area (Å²) < 4.78 is 5.76. The number of hydrogen-bond donors (Lipinski definition) is 0. The number of furan rings is 1. The van der Waals surface area contributed by atoms with Gasteiger partial charge in [0.05, 0.1) is 6.26 Å². The summed E-state index contributed by atoms with van der Waals surface area (Å²) in [5.74, 6) is 0.682. The molecule has 0 radical (unpaired) electrons. The normalized spacial score (nSPS) is 29.0.